The van der Waals surface area contributed by atoms with Crippen molar-refractivity contribution in [2.75, 3.05) is 33.5 Å². The Hall–Kier alpha value is -2.59. The molecule has 1 aromatic heterocycles. The number of benzene rings is 1. The zero-order valence-electron chi connectivity index (χ0n) is 18.4. The highest BCUT2D eigenvalue weighted by molar-refractivity contribution is 5.84. The number of aromatic nitrogens is 3. The SMILES string of the molecule is CCCN(COC)C(O)(O)C(=O)N1CC=C(c2ccc(-c3ncn(CC)n3)cc2)CC1. The van der Waals surface area contributed by atoms with Gasteiger partial charge in [-0.3, -0.25) is 9.48 Å². The van der Waals surface area contributed by atoms with Gasteiger partial charge in [-0.05, 0) is 30.9 Å². The molecule has 0 aliphatic carbocycles. The Kier molecular flexibility index (Phi) is 7.55. The predicted molar refractivity (Wildman–Crippen MR) is 116 cm³/mol. The Morgan fingerprint density at radius 2 is 1.94 bits per heavy atom. The maximum Gasteiger partial charge on any atom is 0.310 e. The van der Waals surface area contributed by atoms with E-state index in [1.807, 2.05) is 44.2 Å². The van der Waals surface area contributed by atoms with Crippen molar-refractivity contribution >= 4 is 11.5 Å². The molecule has 0 fully saturated rings. The van der Waals surface area contributed by atoms with E-state index >= 15 is 0 Å². The minimum Gasteiger partial charge on any atom is -0.369 e. The van der Waals surface area contributed by atoms with E-state index in [9.17, 15) is 15.0 Å². The quantitative estimate of drug-likeness (QED) is 0.583. The molecular weight excluding hydrogens is 398 g/mol. The van der Waals surface area contributed by atoms with Gasteiger partial charge in [0.1, 0.15) is 13.1 Å². The molecule has 0 spiro atoms. The van der Waals surface area contributed by atoms with E-state index < -0.39 is 11.8 Å². The molecule has 0 saturated heterocycles. The standard InChI is InChI=1S/C22H31N5O4/c1-4-12-26(16-31-3)22(29,30)21(28)25-13-10-18(11-14-25)17-6-8-19(9-7-17)20-23-15-27(5-2)24-20/h6-10,15,29-30H,4-5,11-14,16H2,1-3H3. The second kappa shape index (κ2) is 10.1. The second-order valence-corrected chi connectivity index (χ2v) is 7.55. The number of methoxy groups -OCH3 is 1. The molecule has 2 aromatic rings. The monoisotopic (exact) mass is 429 g/mol. The molecule has 1 aliphatic heterocycles. The average Bonchev–Trinajstić information content (AvgIpc) is 3.28. The molecule has 168 valence electrons. The van der Waals surface area contributed by atoms with Crippen LogP contribution in [0.5, 0.6) is 0 Å². The van der Waals surface area contributed by atoms with E-state index in [1.54, 1.807) is 11.0 Å². The number of amides is 1. The molecule has 1 aromatic carbocycles. The van der Waals surface area contributed by atoms with Gasteiger partial charge in [-0.15, -0.1) is 0 Å². The summed E-state index contributed by atoms with van der Waals surface area (Å²) in [5, 5.41) is 25.4. The van der Waals surface area contributed by atoms with Gasteiger partial charge in [-0.25, -0.2) is 9.88 Å². The van der Waals surface area contributed by atoms with Crippen molar-refractivity contribution in [2.24, 2.45) is 0 Å². The summed E-state index contributed by atoms with van der Waals surface area (Å²) < 4.78 is 6.80. The largest absolute Gasteiger partial charge is 0.369 e. The highest BCUT2D eigenvalue weighted by atomic mass is 16.6. The minimum absolute atomic E-state index is 0.0424. The first-order valence-corrected chi connectivity index (χ1v) is 10.6. The summed E-state index contributed by atoms with van der Waals surface area (Å²) >= 11 is 0. The lowest BCUT2D eigenvalue weighted by Crippen LogP contribution is -2.61. The number of aliphatic hydroxyl groups is 2. The lowest BCUT2D eigenvalue weighted by molar-refractivity contribution is -0.271. The molecule has 0 radical (unpaired) electrons. The molecule has 9 heteroatoms. The summed E-state index contributed by atoms with van der Waals surface area (Å²) in [4.78, 5) is 19.8. The van der Waals surface area contributed by atoms with E-state index in [0.717, 1.165) is 23.2 Å². The topological polar surface area (TPSA) is 104 Å². The van der Waals surface area contributed by atoms with Crippen molar-refractivity contribution in [3.8, 4) is 11.4 Å². The van der Waals surface area contributed by atoms with E-state index in [4.69, 9.17) is 4.74 Å². The summed E-state index contributed by atoms with van der Waals surface area (Å²) in [5.74, 6) is -2.63. The smallest absolute Gasteiger partial charge is 0.310 e. The van der Waals surface area contributed by atoms with Crippen LogP contribution in [0.4, 0.5) is 0 Å². The molecule has 31 heavy (non-hydrogen) atoms. The van der Waals surface area contributed by atoms with Gasteiger partial charge in [-0.2, -0.15) is 5.10 Å². The van der Waals surface area contributed by atoms with Crippen molar-refractivity contribution in [3.63, 3.8) is 0 Å². The highest BCUT2D eigenvalue weighted by Gasteiger charge is 2.43. The molecule has 3 rings (SSSR count). The van der Waals surface area contributed by atoms with Gasteiger partial charge in [0.25, 0.3) is 5.91 Å². The second-order valence-electron chi connectivity index (χ2n) is 7.55. The van der Waals surface area contributed by atoms with Crippen LogP contribution in [-0.4, -0.2) is 80.1 Å². The van der Waals surface area contributed by atoms with Gasteiger partial charge in [0.05, 0.1) is 0 Å². The Labute approximate surface area is 182 Å². The third-order valence-corrected chi connectivity index (χ3v) is 5.38. The van der Waals surface area contributed by atoms with Crippen LogP contribution < -0.4 is 0 Å². The number of carbonyl (C=O) groups is 1. The van der Waals surface area contributed by atoms with Gasteiger partial charge in [0, 0.05) is 38.9 Å². The summed E-state index contributed by atoms with van der Waals surface area (Å²) in [6, 6.07) is 8.02. The summed E-state index contributed by atoms with van der Waals surface area (Å²) in [7, 11) is 1.45. The van der Waals surface area contributed by atoms with Crippen LogP contribution in [-0.2, 0) is 16.1 Å². The first kappa shape index (κ1) is 23.1. The maximum atomic E-state index is 12.8. The van der Waals surface area contributed by atoms with Crippen LogP contribution in [0, 0.1) is 0 Å². The Morgan fingerprint density at radius 3 is 2.48 bits per heavy atom. The maximum absolute atomic E-state index is 12.8. The number of rotatable bonds is 9. The number of hydrogen-bond donors (Lipinski definition) is 2. The molecule has 1 aliphatic rings. The number of nitrogens with zero attached hydrogens (tertiary/aromatic N) is 5. The fourth-order valence-corrected chi connectivity index (χ4v) is 3.61. The first-order valence-electron chi connectivity index (χ1n) is 10.6. The van der Waals surface area contributed by atoms with Crippen molar-refractivity contribution in [1.82, 2.24) is 24.6 Å². The van der Waals surface area contributed by atoms with Crippen LogP contribution in [0.15, 0.2) is 36.7 Å². The molecule has 0 atom stereocenters. The summed E-state index contributed by atoms with van der Waals surface area (Å²) in [6.45, 7) is 5.70. The number of hydrogen-bond acceptors (Lipinski definition) is 7. The van der Waals surface area contributed by atoms with Gasteiger partial charge in [0.15, 0.2) is 5.82 Å². The van der Waals surface area contributed by atoms with Gasteiger partial charge >= 0.3 is 5.91 Å². The Bertz CT molecular complexity index is 901. The normalized spacial score (nSPS) is 14.8. The Balaban J connectivity index is 1.67. The molecule has 9 nitrogen and oxygen atoms in total. The van der Waals surface area contributed by atoms with Crippen LogP contribution in [0.2, 0.25) is 0 Å². The van der Waals surface area contributed by atoms with Crippen LogP contribution in [0.25, 0.3) is 17.0 Å². The average molecular weight is 430 g/mol. The third kappa shape index (κ3) is 5.19. The molecule has 2 N–H and O–H groups in total. The highest BCUT2D eigenvalue weighted by Crippen LogP contribution is 2.26. The number of ether oxygens (including phenoxy) is 1. The van der Waals surface area contributed by atoms with Crippen LogP contribution in [0.1, 0.15) is 32.3 Å². The molecule has 1 amide bonds. The van der Waals surface area contributed by atoms with Crippen molar-refractivity contribution in [1.29, 1.82) is 0 Å². The van der Waals surface area contributed by atoms with Crippen LogP contribution >= 0.6 is 0 Å². The fraction of sp³-hybridized carbons (Fsp3) is 0.500. The van der Waals surface area contributed by atoms with E-state index in [-0.39, 0.29) is 6.73 Å². The molecule has 2 heterocycles. The number of carbonyl (C=O) groups excluding carboxylic acids is 1. The molecule has 0 bridgehead atoms. The number of aryl methyl sites for hydroxylation is 1. The van der Waals surface area contributed by atoms with Crippen molar-refractivity contribution in [2.45, 2.75) is 39.1 Å². The van der Waals surface area contributed by atoms with E-state index in [0.29, 0.717) is 38.3 Å². The lowest BCUT2D eigenvalue weighted by atomic mass is 9.98. The van der Waals surface area contributed by atoms with Gasteiger partial charge in [0.2, 0.25) is 0 Å². The molecular formula is C22H31N5O4. The Morgan fingerprint density at radius 1 is 1.23 bits per heavy atom. The molecule has 0 saturated carbocycles. The zero-order chi connectivity index (χ0) is 22.4. The van der Waals surface area contributed by atoms with Gasteiger partial charge in [-0.1, -0.05) is 37.3 Å². The fourth-order valence-electron chi connectivity index (χ4n) is 3.61. The first-order chi connectivity index (χ1) is 14.9. The minimum atomic E-state index is -2.59. The van der Waals surface area contributed by atoms with E-state index in [1.165, 1.54) is 16.9 Å². The van der Waals surface area contributed by atoms with Crippen molar-refractivity contribution < 1.29 is 19.7 Å². The van der Waals surface area contributed by atoms with E-state index in [2.05, 4.69) is 10.1 Å². The van der Waals surface area contributed by atoms with Crippen LogP contribution in [0.3, 0.4) is 0 Å². The lowest BCUT2D eigenvalue weighted by Gasteiger charge is -2.37. The van der Waals surface area contributed by atoms with Gasteiger partial charge < -0.3 is 19.8 Å². The molecule has 0 unspecified atom stereocenters. The zero-order valence-corrected chi connectivity index (χ0v) is 18.4. The summed E-state index contributed by atoms with van der Waals surface area (Å²) in [6.07, 6.45) is 4.96. The van der Waals surface area contributed by atoms with Crippen molar-refractivity contribution in [3.05, 3.63) is 42.2 Å². The predicted octanol–water partition coefficient (Wildman–Crippen LogP) is 1.53. The summed E-state index contributed by atoms with van der Waals surface area (Å²) in [5.41, 5.74) is 3.13. The third-order valence-electron chi connectivity index (χ3n) is 5.38.